The van der Waals surface area contributed by atoms with Gasteiger partial charge in [-0.05, 0) is 42.5 Å². The molecule has 1 fully saturated rings. The van der Waals surface area contributed by atoms with Crippen molar-refractivity contribution in [3.05, 3.63) is 28.7 Å². The zero-order valence-corrected chi connectivity index (χ0v) is 11.4. The molecule has 0 amide bonds. The van der Waals surface area contributed by atoms with E-state index in [0.717, 1.165) is 10.9 Å². The van der Waals surface area contributed by atoms with E-state index in [1.54, 1.807) is 24.3 Å². The summed E-state index contributed by atoms with van der Waals surface area (Å²) in [5, 5.41) is 0. The van der Waals surface area contributed by atoms with Crippen LogP contribution in [-0.2, 0) is 10.0 Å². The van der Waals surface area contributed by atoms with Gasteiger partial charge in [-0.2, -0.15) is 0 Å². The summed E-state index contributed by atoms with van der Waals surface area (Å²) >= 11 is 3.28. The Bertz CT molecular complexity index is 469. The first kappa shape index (κ1) is 12.1. The second kappa shape index (κ2) is 4.47. The molecule has 16 heavy (non-hydrogen) atoms. The standard InChI is InChI=1S/C11H14BrNO2S/c1-8-6-9(8)7-13-16(14,15)11-4-2-10(12)3-5-11/h2-5,8-9,13H,6-7H2,1H3. The molecule has 0 heterocycles. The van der Waals surface area contributed by atoms with Gasteiger partial charge in [0.25, 0.3) is 0 Å². The maximum atomic E-state index is 11.9. The zero-order valence-electron chi connectivity index (χ0n) is 8.98. The molecule has 0 bridgehead atoms. The van der Waals surface area contributed by atoms with Crippen LogP contribution in [0.15, 0.2) is 33.6 Å². The third-order valence-electron chi connectivity index (χ3n) is 2.94. The summed E-state index contributed by atoms with van der Waals surface area (Å²) in [7, 11) is -3.33. The highest BCUT2D eigenvalue weighted by molar-refractivity contribution is 9.10. The topological polar surface area (TPSA) is 46.2 Å². The lowest BCUT2D eigenvalue weighted by Gasteiger charge is -2.06. The average molecular weight is 304 g/mol. The van der Waals surface area contributed by atoms with E-state index < -0.39 is 10.0 Å². The van der Waals surface area contributed by atoms with E-state index in [9.17, 15) is 8.42 Å². The molecule has 1 aromatic carbocycles. The van der Waals surface area contributed by atoms with Crippen molar-refractivity contribution in [3.8, 4) is 0 Å². The van der Waals surface area contributed by atoms with Crippen LogP contribution in [0.25, 0.3) is 0 Å². The number of sulfonamides is 1. The highest BCUT2D eigenvalue weighted by Gasteiger charge is 2.33. The summed E-state index contributed by atoms with van der Waals surface area (Å²) in [6.45, 7) is 2.69. The SMILES string of the molecule is CC1CC1CNS(=O)(=O)c1ccc(Br)cc1. The first-order valence-corrected chi connectivity index (χ1v) is 7.52. The lowest BCUT2D eigenvalue weighted by atomic mass is 10.3. The van der Waals surface area contributed by atoms with E-state index >= 15 is 0 Å². The smallest absolute Gasteiger partial charge is 0.211 e. The van der Waals surface area contributed by atoms with Gasteiger partial charge in [0.2, 0.25) is 10.0 Å². The fourth-order valence-corrected chi connectivity index (χ4v) is 2.96. The van der Waals surface area contributed by atoms with Crippen molar-refractivity contribution < 1.29 is 8.42 Å². The molecule has 5 heteroatoms. The Morgan fingerprint density at radius 2 is 1.94 bits per heavy atom. The van der Waals surface area contributed by atoms with Crippen LogP contribution < -0.4 is 4.72 Å². The third-order valence-corrected chi connectivity index (χ3v) is 4.90. The monoisotopic (exact) mass is 303 g/mol. The van der Waals surface area contributed by atoms with Crippen molar-refractivity contribution in [3.63, 3.8) is 0 Å². The second-order valence-electron chi connectivity index (χ2n) is 4.28. The fourth-order valence-electron chi connectivity index (χ4n) is 1.60. The van der Waals surface area contributed by atoms with E-state index in [1.807, 2.05) is 0 Å². The minimum Gasteiger partial charge on any atom is -0.211 e. The van der Waals surface area contributed by atoms with Gasteiger partial charge in [-0.1, -0.05) is 22.9 Å². The summed E-state index contributed by atoms with van der Waals surface area (Å²) in [4.78, 5) is 0.323. The first-order chi connectivity index (χ1) is 7.49. The number of nitrogens with one attached hydrogen (secondary N) is 1. The van der Waals surface area contributed by atoms with E-state index in [1.165, 1.54) is 0 Å². The molecule has 1 saturated carbocycles. The van der Waals surface area contributed by atoms with Crippen LogP contribution in [0.5, 0.6) is 0 Å². The van der Waals surface area contributed by atoms with Crippen LogP contribution in [0.4, 0.5) is 0 Å². The molecule has 1 N–H and O–H groups in total. The minimum absolute atomic E-state index is 0.323. The fraction of sp³-hybridized carbons (Fsp3) is 0.455. The zero-order chi connectivity index (χ0) is 11.8. The van der Waals surface area contributed by atoms with Gasteiger partial charge in [0.1, 0.15) is 0 Å². The van der Waals surface area contributed by atoms with Crippen LogP contribution in [0, 0.1) is 11.8 Å². The van der Waals surface area contributed by atoms with Gasteiger partial charge >= 0.3 is 0 Å². The van der Waals surface area contributed by atoms with Gasteiger partial charge in [0.05, 0.1) is 4.90 Å². The van der Waals surface area contributed by atoms with Crippen molar-refractivity contribution in [2.45, 2.75) is 18.2 Å². The van der Waals surface area contributed by atoms with E-state index in [2.05, 4.69) is 27.6 Å². The van der Waals surface area contributed by atoms with E-state index in [0.29, 0.717) is 23.3 Å². The predicted molar refractivity (Wildman–Crippen MR) is 66.6 cm³/mol. The van der Waals surface area contributed by atoms with Crippen molar-refractivity contribution in [2.75, 3.05) is 6.54 Å². The average Bonchev–Trinajstić information content (AvgIpc) is 2.93. The number of benzene rings is 1. The molecule has 1 aliphatic rings. The normalized spacial score (nSPS) is 24.4. The molecule has 0 spiro atoms. The molecule has 0 saturated heterocycles. The Hall–Kier alpha value is -0.390. The van der Waals surface area contributed by atoms with Gasteiger partial charge in [-0.3, -0.25) is 0 Å². The molecule has 0 radical (unpaired) electrons. The lowest BCUT2D eigenvalue weighted by Crippen LogP contribution is -2.26. The van der Waals surface area contributed by atoms with Gasteiger partial charge in [-0.25, -0.2) is 13.1 Å². The van der Waals surface area contributed by atoms with Crippen LogP contribution in [0.1, 0.15) is 13.3 Å². The van der Waals surface area contributed by atoms with Crippen molar-refractivity contribution >= 4 is 26.0 Å². The van der Waals surface area contributed by atoms with Gasteiger partial charge in [0.15, 0.2) is 0 Å². The third kappa shape index (κ3) is 2.84. The summed E-state index contributed by atoms with van der Waals surface area (Å²) in [5.74, 6) is 1.18. The summed E-state index contributed by atoms with van der Waals surface area (Å²) in [6.07, 6.45) is 1.13. The van der Waals surface area contributed by atoms with Gasteiger partial charge in [-0.15, -0.1) is 0 Å². The minimum atomic E-state index is -3.33. The quantitative estimate of drug-likeness (QED) is 0.928. The van der Waals surface area contributed by atoms with Crippen LogP contribution >= 0.6 is 15.9 Å². The summed E-state index contributed by atoms with van der Waals surface area (Å²) < 4.78 is 27.2. The molecule has 2 atom stereocenters. The molecule has 2 unspecified atom stereocenters. The van der Waals surface area contributed by atoms with Crippen molar-refractivity contribution in [1.82, 2.24) is 4.72 Å². The van der Waals surface area contributed by atoms with Crippen LogP contribution in [-0.4, -0.2) is 15.0 Å². The number of rotatable bonds is 4. The van der Waals surface area contributed by atoms with Crippen molar-refractivity contribution in [2.24, 2.45) is 11.8 Å². The second-order valence-corrected chi connectivity index (χ2v) is 6.96. The van der Waals surface area contributed by atoms with Gasteiger partial charge < -0.3 is 0 Å². The maximum absolute atomic E-state index is 11.9. The Kier molecular flexibility index (Phi) is 3.37. The molecule has 1 aromatic rings. The Morgan fingerprint density at radius 3 is 2.44 bits per heavy atom. The molecular formula is C11H14BrNO2S. The molecular weight excluding hydrogens is 290 g/mol. The maximum Gasteiger partial charge on any atom is 0.240 e. The number of hydrogen-bond acceptors (Lipinski definition) is 2. The lowest BCUT2D eigenvalue weighted by molar-refractivity contribution is 0.574. The molecule has 0 aliphatic heterocycles. The van der Waals surface area contributed by atoms with E-state index in [4.69, 9.17) is 0 Å². The highest BCUT2D eigenvalue weighted by atomic mass is 79.9. The summed E-state index contributed by atoms with van der Waals surface area (Å²) in [5.41, 5.74) is 0. The highest BCUT2D eigenvalue weighted by Crippen LogP contribution is 2.37. The van der Waals surface area contributed by atoms with E-state index in [-0.39, 0.29) is 0 Å². The Balaban J connectivity index is 2.03. The number of hydrogen-bond donors (Lipinski definition) is 1. The molecule has 0 aromatic heterocycles. The number of halogens is 1. The first-order valence-electron chi connectivity index (χ1n) is 5.24. The van der Waals surface area contributed by atoms with Crippen LogP contribution in [0.3, 0.4) is 0 Å². The Labute approximate surface area is 104 Å². The largest absolute Gasteiger partial charge is 0.240 e. The van der Waals surface area contributed by atoms with Crippen molar-refractivity contribution in [1.29, 1.82) is 0 Å². The van der Waals surface area contributed by atoms with Gasteiger partial charge in [0, 0.05) is 11.0 Å². The molecule has 3 nitrogen and oxygen atoms in total. The molecule has 2 rings (SSSR count). The molecule has 88 valence electrons. The van der Waals surface area contributed by atoms with Crippen LogP contribution in [0.2, 0.25) is 0 Å². The Morgan fingerprint density at radius 1 is 1.38 bits per heavy atom. The molecule has 1 aliphatic carbocycles. The predicted octanol–water partition coefficient (Wildman–Crippen LogP) is 2.38. The summed E-state index contributed by atoms with van der Waals surface area (Å²) in [6, 6.07) is 6.66.